The molecular formula is C17H12ClF3N2O4S. The van der Waals surface area contributed by atoms with Crippen molar-refractivity contribution in [2.24, 2.45) is 5.14 Å². The average molecular weight is 433 g/mol. The van der Waals surface area contributed by atoms with Crippen LogP contribution in [0.3, 0.4) is 0 Å². The summed E-state index contributed by atoms with van der Waals surface area (Å²) in [6.07, 6.45) is 0. The maximum atomic E-state index is 14.2. The highest BCUT2D eigenvalue weighted by atomic mass is 35.5. The minimum absolute atomic E-state index is 0.0532. The molecule has 0 aliphatic rings. The van der Waals surface area contributed by atoms with Gasteiger partial charge in [0, 0.05) is 5.56 Å². The number of sulfonamides is 1. The Kier molecular flexibility index (Phi) is 5.37. The van der Waals surface area contributed by atoms with Crippen LogP contribution in [0.15, 0.2) is 39.8 Å². The molecule has 0 amide bonds. The van der Waals surface area contributed by atoms with Gasteiger partial charge in [-0.2, -0.15) is 0 Å². The highest BCUT2D eigenvalue weighted by Gasteiger charge is 2.26. The van der Waals surface area contributed by atoms with Gasteiger partial charge in [0.25, 0.3) is 0 Å². The van der Waals surface area contributed by atoms with Crippen LogP contribution in [-0.4, -0.2) is 20.7 Å². The lowest BCUT2D eigenvalue weighted by Crippen LogP contribution is -2.16. The standard InChI is InChI=1S/C17H12ClF3N2O4S/c1-26-13-3-2-8(4-10(13)18)16-15(14(7-19)27-23-16)9-5-11(20)17(12(21)6-9)28(22,24)25/h2-6H,7H2,1H3,(H2,22,24,25). The van der Waals surface area contributed by atoms with Crippen LogP contribution in [0.5, 0.6) is 5.75 Å². The summed E-state index contributed by atoms with van der Waals surface area (Å²) >= 11 is 6.08. The molecule has 28 heavy (non-hydrogen) atoms. The molecule has 1 heterocycles. The van der Waals surface area contributed by atoms with Gasteiger partial charge in [-0.25, -0.2) is 26.7 Å². The molecule has 0 aliphatic carbocycles. The van der Waals surface area contributed by atoms with Crippen LogP contribution in [0.1, 0.15) is 5.76 Å². The average Bonchev–Trinajstić information content (AvgIpc) is 3.03. The predicted octanol–water partition coefficient (Wildman–Crippen LogP) is 4.07. The maximum Gasteiger partial charge on any atom is 0.243 e. The highest BCUT2D eigenvalue weighted by molar-refractivity contribution is 7.89. The molecular weight excluding hydrogens is 421 g/mol. The van der Waals surface area contributed by atoms with Crippen LogP contribution < -0.4 is 9.88 Å². The van der Waals surface area contributed by atoms with Crippen molar-refractivity contribution in [3.05, 3.63) is 52.7 Å². The number of rotatable bonds is 5. The SMILES string of the molecule is COc1ccc(-c2noc(CF)c2-c2cc(F)c(S(N)(=O)=O)c(F)c2)cc1Cl. The zero-order valence-corrected chi connectivity index (χ0v) is 15.7. The zero-order valence-electron chi connectivity index (χ0n) is 14.2. The van der Waals surface area contributed by atoms with Crippen molar-refractivity contribution in [3.8, 4) is 28.1 Å². The van der Waals surface area contributed by atoms with Gasteiger partial charge in [0.15, 0.2) is 17.3 Å². The van der Waals surface area contributed by atoms with Gasteiger partial charge in [0.2, 0.25) is 10.0 Å². The fourth-order valence-corrected chi connectivity index (χ4v) is 3.62. The number of aromatic nitrogens is 1. The molecule has 3 rings (SSSR count). The van der Waals surface area contributed by atoms with E-state index in [9.17, 15) is 21.6 Å². The van der Waals surface area contributed by atoms with E-state index in [0.717, 1.165) is 0 Å². The summed E-state index contributed by atoms with van der Waals surface area (Å²) in [5.74, 6) is -2.79. The van der Waals surface area contributed by atoms with Crippen molar-refractivity contribution in [1.29, 1.82) is 0 Å². The minimum atomic E-state index is -4.64. The van der Waals surface area contributed by atoms with Gasteiger partial charge in [0.05, 0.1) is 17.7 Å². The summed E-state index contributed by atoms with van der Waals surface area (Å²) in [5, 5.41) is 8.80. The second kappa shape index (κ2) is 7.46. The van der Waals surface area contributed by atoms with Crippen molar-refractivity contribution in [2.75, 3.05) is 7.11 Å². The number of hydrogen-bond acceptors (Lipinski definition) is 5. The van der Waals surface area contributed by atoms with Gasteiger partial charge in [0.1, 0.15) is 23.1 Å². The lowest BCUT2D eigenvalue weighted by molar-refractivity contribution is 0.332. The molecule has 0 atom stereocenters. The Hall–Kier alpha value is -2.56. The maximum absolute atomic E-state index is 14.2. The highest BCUT2D eigenvalue weighted by Crippen LogP contribution is 2.39. The largest absolute Gasteiger partial charge is 0.495 e. The molecule has 0 radical (unpaired) electrons. The van der Waals surface area contributed by atoms with Gasteiger partial charge in [-0.3, -0.25) is 0 Å². The number of nitrogens with zero attached hydrogens (tertiary/aromatic N) is 1. The molecule has 148 valence electrons. The molecule has 6 nitrogen and oxygen atoms in total. The molecule has 0 unspecified atom stereocenters. The second-order valence-corrected chi connectivity index (χ2v) is 7.53. The first-order valence-electron chi connectivity index (χ1n) is 7.58. The Labute approximate surface area is 162 Å². The summed E-state index contributed by atoms with van der Waals surface area (Å²) < 4.78 is 74.6. The molecule has 0 saturated heterocycles. The van der Waals surface area contributed by atoms with E-state index in [0.29, 0.717) is 23.4 Å². The van der Waals surface area contributed by atoms with Crippen LogP contribution in [0.4, 0.5) is 13.2 Å². The first-order chi connectivity index (χ1) is 13.2. The summed E-state index contributed by atoms with van der Waals surface area (Å²) in [6.45, 7) is -1.12. The monoisotopic (exact) mass is 432 g/mol. The van der Waals surface area contributed by atoms with Crippen LogP contribution >= 0.6 is 11.6 Å². The van der Waals surface area contributed by atoms with Crippen molar-refractivity contribution in [1.82, 2.24) is 5.16 Å². The molecule has 2 N–H and O–H groups in total. The fraction of sp³-hybridized carbons (Fsp3) is 0.118. The zero-order chi connectivity index (χ0) is 20.6. The topological polar surface area (TPSA) is 95.4 Å². The molecule has 2 aromatic carbocycles. The van der Waals surface area contributed by atoms with Crippen molar-refractivity contribution >= 4 is 21.6 Å². The fourth-order valence-electron chi connectivity index (χ4n) is 2.70. The Bertz CT molecular complexity index is 1140. The van der Waals surface area contributed by atoms with Gasteiger partial charge < -0.3 is 9.26 Å². The lowest BCUT2D eigenvalue weighted by Gasteiger charge is -2.09. The summed E-state index contributed by atoms with van der Waals surface area (Å²) in [5.41, 5.74) is 0.181. The Balaban J connectivity index is 2.24. The molecule has 0 bridgehead atoms. The van der Waals surface area contributed by atoms with Gasteiger partial charge in [-0.15, -0.1) is 0 Å². The molecule has 3 aromatic rings. The van der Waals surface area contributed by atoms with E-state index in [1.54, 1.807) is 6.07 Å². The number of nitrogens with two attached hydrogens (primary N) is 1. The van der Waals surface area contributed by atoms with Crippen molar-refractivity contribution < 1.29 is 30.8 Å². The summed E-state index contributed by atoms with van der Waals surface area (Å²) in [6, 6.07) is 5.94. The minimum Gasteiger partial charge on any atom is -0.495 e. The first kappa shape index (κ1) is 20.2. The van der Waals surface area contributed by atoms with Crippen LogP contribution in [0.25, 0.3) is 22.4 Å². The molecule has 1 aromatic heterocycles. The lowest BCUT2D eigenvalue weighted by atomic mass is 9.99. The first-order valence-corrected chi connectivity index (χ1v) is 9.50. The van der Waals surface area contributed by atoms with Gasteiger partial charge >= 0.3 is 0 Å². The Morgan fingerprint density at radius 3 is 2.32 bits per heavy atom. The number of ether oxygens (including phenoxy) is 1. The number of primary sulfonamides is 1. The normalized spacial score (nSPS) is 11.6. The van der Waals surface area contributed by atoms with E-state index in [4.69, 9.17) is 26.0 Å². The quantitative estimate of drug-likeness (QED) is 0.655. The van der Waals surface area contributed by atoms with E-state index >= 15 is 0 Å². The third-order valence-electron chi connectivity index (χ3n) is 3.88. The van der Waals surface area contributed by atoms with E-state index in [2.05, 4.69) is 5.16 Å². The van der Waals surface area contributed by atoms with Crippen molar-refractivity contribution in [3.63, 3.8) is 0 Å². The van der Waals surface area contributed by atoms with Gasteiger partial charge in [-0.05, 0) is 35.9 Å². The smallest absolute Gasteiger partial charge is 0.243 e. The van der Waals surface area contributed by atoms with E-state index in [-0.39, 0.29) is 27.6 Å². The van der Waals surface area contributed by atoms with E-state index in [1.165, 1.54) is 19.2 Å². The summed E-state index contributed by atoms with van der Waals surface area (Å²) in [7, 11) is -3.22. The third-order valence-corrected chi connectivity index (χ3v) is 5.14. The number of hydrogen-bond donors (Lipinski definition) is 1. The Morgan fingerprint density at radius 1 is 1.18 bits per heavy atom. The predicted molar refractivity (Wildman–Crippen MR) is 95.0 cm³/mol. The number of methoxy groups -OCH3 is 1. The molecule has 0 aliphatic heterocycles. The molecule has 0 saturated carbocycles. The van der Waals surface area contributed by atoms with Gasteiger partial charge in [-0.1, -0.05) is 16.8 Å². The number of alkyl halides is 1. The van der Waals surface area contributed by atoms with Crippen LogP contribution in [-0.2, 0) is 16.7 Å². The number of benzene rings is 2. The Morgan fingerprint density at radius 2 is 1.82 bits per heavy atom. The van der Waals surface area contributed by atoms with Crippen LogP contribution in [0, 0.1) is 11.6 Å². The third kappa shape index (κ3) is 3.58. The van der Waals surface area contributed by atoms with E-state index < -0.39 is 33.2 Å². The van der Waals surface area contributed by atoms with Crippen molar-refractivity contribution in [2.45, 2.75) is 11.6 Å². The second-order valence-electron chi connectivity index (χ2n) is 5.63. The summed E-state index contributed by atoms with van der Waals surface area (Å²) in [4.78, 5) is -1.29. The molecule has 0 fully saturated rings. The van der Waals surface area contributed by atoms with E-state index in [1.807, 2.05) is 0 Å². The number of halogens is 4. The van der Waals surface area contributed by atoms with Crippen LogP contribution in [0.2, 0.25) is 5.02 Å². The molecule has 11 heteroatoms. The molecule has 0 spiro atoms.